The average Bonchev–Trinajstić information content (AvgIpc) is 1.98. The molecule has 0 rings (SSSR count). The van der Waals surface area contributed by atoms with Crippen LogP contribution >= 0.6 is 25.3 Å². The molecule has 0 radical (unpaired) electrons. The zero-order valence-corrected chi connectivity index (χ0v) is 8.31. The molecule has 0 bridgehead atoms. The topological polar surface area (TPSA) is 66.4 Å². The van der Waals surface area contributed by atoms with Crippen molar-refractivity contribution in [2.24, 2.45) is 0 Å². The van der Waals surface area contributed by atoms with Gasteiger partial charge in [0.15, 0.2) is 0 Å². The van der Waals surface area contributed by atoms with Gasteiger partial charge in [-0.2, -0.15) is 25.3 Å². The summed E-state index contributed by atoms with van der Waals surface area (Å²) < 4.78 is 0. The van der Waals surface area contributed by atoms with E-state index in [1.807, 2.05) is 0 Å². The van der Waals surface area contributed by atoms with E-state index in [1.165, 1.54) is 0 Å². The molecule has 2 N–H and O–H groups in total. The molecule has 0 aliphatic heterocycles. The molecule has 0 unspecified atom stereocenters. The SMILES string of the molecule is C[C@@H](S)C(=O)N[C@@H](CS)C(=O)O. The van der Waals surface area contributed by atoms with Gasteiger partial charge in [-0.1, -0.05) is 0 Å². The summed E-state index contributed by atoms with van der Waals surface area (Å²) in [6, 6.07) is -0.935. The first-order valence-electron chi connectivity index (χ1n) is 3.31. The Bertz CT molecular complexity index is 184. The van der Waals surface area contributed by atoms with Gasteiger partial charge in [0.2, 0.25) is 5.91 Å². The van der Waals surface area contributed by atoms with E-state index < -0.39 is 23.2 Å². The number of carboxylic acids is 1. The van der Waals surface area contributed by atoms with Crippen LogP contribution < -0.4 is 5.32 Å². The first-order valence-corrected chi connectivity index (χ1v) is 4.46. The van der Waals surface area contributed by atoms with E-state index in [0.717, 1.165) is 0 Å². The van der Waals surface area contributed by atoms with Gasteiger partial charge in [0.25, 0.3) is 0 Å². The van der Waals surface area contributed by atoms with Crippen LogP contribution in [0.25, 0.3) is 0 Å². The Morgan fingerprint density at radius 3 is 2.33 bits per heavy atom. The molecule has 0 heterocycles. The van der Waals surface area contributed by atoms with Gasteiger partial charge in [-0.25, -0.2) is 4.79 Å². The minimum atomic E-state index is -1.09. The maximum Gasteiger partial charge on any atom is 0.327 e. The molecule has 0 saturated carbocycles. The van der Waals surface area contributed by atoms with Gasteiger partial charge in [0, 0.05) is 5.75 Å². The predicted molar refractivity (Wildman–Crippen MR) is 51.9 cm³/mol. The Hall–Kier alpha value is -0.360. The number of carboxylic acid groups (broad SMARTS) is 1. The van der Waals surface area contributed by atoms with E-state index in [2.05, 4.69) is 30.6 Å². The quantitative estimate of drug-likeness (QED) is 0.485. The molecule has 0 aliphatic rings. The van der Waals surface area contributed by atoms with Gasteiger partial charge in [0.05, 0.1) is 5.25 Å². The highest BCUT2D eigenvalue weighted by Crippen LogP contribution is 1.95. The van der Waals surface area contributed by atoms with Crippen LogP contribution in [0.2, 0.25) is 0 Å². The fourth-order valence-corrected chi connectivity index (χ4v) is 0.800. The lowest BCUT2D eigenvalue weighted by molar-refractivity contribution is -0.140. The smallest absolute Gasteiger partial charge is 0.327 e. The molecule has 4 nitrogen and oxygen atoms in total. The first kappa shape index (κ1) is 11.6. The van der Waals surface area contributed by atoms with E-state index in [9.17, 15) is 9.59 Å². The molecule has 0 saturated heterocycles. The number of carbonyl (C=O) groups is 2. The highest BCUT2D eigenvalue weighted by molar-refractivity contribution is 7.81. The number of aliphatic carboxylic acids is 1. The summed E-state index contributed by atoms with van der Waals surface area (Å²) in [4.78, 5) is 21.3. The molecule has 6 heteroatoms. The third kappa shape index (κ3) is 3.87. The van der Waals surface area contributed by atoms with Gasteiger partial charge in [0.1, 0.15) is 6.04 Å². The van der Waals surface area contributed by atoms with Crippen LogP contribution in [0.1, 0.15) is 6.92 Å². The molecule has 0 aliphatic carbocycles. The van der Waals surface area contributed by atoms with Crippen molar-refractivity contribution in [3.8, 4) is 0 Å². The number of hydrogen-bond acceptors (Lipinski definition) is 4. The largest absolute Gasteiger partial charge is 0.480 e. The van der Waals surface area contributed by atoms with Crippen LogP contribution in [0.5, 0.6) is 0 Å². The molecular weight excluding hydrogens is 198 g/mol. The molecule has 70 valence electrons. The second-order valence-electron chi connectivity index (χ2n) is 2.26. The van der Waals surface area contributed by atoms with Gasteiger partial charge in [-0.15, -0.1) is 0 Å². The normalized spacial score (nSPS) is 14.9. The monoisotopic (exact) mass is 209 g/mol. The van der Waals surface area contributed by atoms with Crippen LogP contribution in [0.3, 0.4) is 0 Å². The van der Waals surface area contributed by atoms with Crippen LogP contribution in [-0.2, 0) is 9.59 Å². The molecule has 1 amide bonds. The zero-order valence-electron chi connectivity index (χ0n) is 6.52. The molecule has 12 heavy (non-hydrogen) atoms. The predicted octanol–water partition coefficient (Wildman–Crippen LogP) is -0.196. The van der Waals surface area contributed by atoms with Gasteiger partial charge < -0.3 is 10.4 Å². The Kier molecular flexibility index (Phi) is 5.16. The van der Waals surface area contributed by atoms with Crippen molar-refractivity contribution in [2.45, 2.75) is 18.2 Å². The molecule has 0 aromatic rings. The highest BCUT2D eigenvalue weighted by Gasteiger charge is 2.19. The molecule has 0 fully saturated rings. The average molecular weight is 209 g/mol. The summed E-state index contributed by atoms with van der Waals surface area (Å²) >= 11 is 7.62. The molecule has 0 aromatic heterocycles. The maximum absolute atomic E-state index is 10.9. The standard InChI is InChI=1S/C6H11NO3S2/c1-3(12)5(8)7-4(2-11)6(9)10/h3-4,11-12H,2H2,1H3,(H,7,8)(H,9,10)/t3-,4+/m1/s1. The van der Waals surface area contributed by atoms with Gasteiger partial charge >= 0.3 is 5.97 Å². The number of amides is 1. The fourth-order valence-electron chi connectivity index (χ4n) is 0.478. The first-order chi connectivity index (χ1) is 5.49. The van der Waals surface area contributed by atoms with Crippen LogP contribution in [0.4, 0.5) is 0 Å². The van der Waals surface area contributed by atoms with Gasteiger partial charge in [-0.05, 0) is 6.92 Å². The van der Waals surface area contributed by atoms with Crippen molar-refractivity contribution in [1.82, 2.24) is 5.32 Å². The Morgan fingerprint density at radius 1 is 1.58 bits per heavy atom. The molecule has 0 spiro atoms. The molecule has 2 atom stereocenters. The van der Waals surface area contributed by atoms with Crippen molar-refractivity contribution >= 4 is 37.1 Å². The summed E-state index contributed by atoms with van der Waals surface area (Å²) in [5.41, 5.74) is 0. The van der Waals surface area contributed by atoms with Crippen molar-refractivity contribution in [3.05, 3.63) is 0 Å². The minimum absolute atomic E-state index is 0.0710. The molecular formula is C6H11NO3S2. The van der Waals surface area contributed by atoms with Gasteiger partial charge in [-0.3, -0.25) is 4.79 Å². The second kappa shape index (κ2) is 5.31. The number of thiol groups is 2. The van der Waals surface area contributed by atoms with E-state index >= 15 is 0 Å². The van der Waals surface area contributed by atoms with Crippen LogP contribution in [0.15, 0.2) is 0 Å². The van der Waals surface area contributed by atoms with Crippen molar-refractivity contribution in [2.75, 3.05) is 5.75 Å². The lowest BCUT2D eigenvalue weighted by atomic mass is 10.3. The lowest BCUT2D eigenvalue weighted by Gasteiger charge is -2.12. The van der Waals surface area contributed by atoms with Crippen molar-refractivity contribution in [3.63, 3.8) is 0 Å². The van der Waals surface area contributed by atoms with E-state index in [-0.39, 0.29) is 5.75 Å². The van der Waals surface area contributed by atoms with Crippen molar-refractivity contribution in [1.29, 1.82) is 0 Å². The number of rotatable bonds is 4. The van der Waals surface area contributed by atoms with Crippen molar-refractivity contribution < 1.29 is 14.7 Å². The lowest BCUT2D eigenvalue weighted by Crippen LogP contribution is -2.44. The maximum atomic E-state index is 10.9. The third-order valence-corrected chi connectivity index (χ3v) is 1.78. The number of nitrogens with one attached hydrogen (secondary N) is 1. The van der Waals surface area contributed by atoms with Crippen LogP contribution in [0, 0.1) is 0 Å². The summed E-state index contributed by atoms with van der Waals surface area (Å²) in [6.45, 7) is 1.57. The third-order valence-electron chi connectivity index (χ3n) is 1.18. The summed E-state index contributed by atoms with van der Waals surface area (Å²) in [5.74, 6) is -1.42. The fraction of sp³-hybridized carbons (Fsp3) is 0.667. The zero-order chi connectivity index (χ0) is 9.72. The summed E-state index contributed by atoms with van der Waals surface area (Å²) in [7, 11) is 0. The minimum Gasteiger partial charge on any atom is -0.480 e. The Morgan fingerprint density at radius 2 is 2.08 bits per heavy atom. The Labute approximate surface area is 81.5 Å². The summed E-state index contributed by atoms with van der Waals surface area (Å²) in [6.07, 6.45) is 0. The number of hydrogen-bond donors (Lipinski definition) is 4. The summed E-state index contributed by atoms with van der Waals surface area (Å²) in [5, 5.41) is 10.3. The van der Waals surface area contributed by atoms with E-state index in [1.54, 1.807) is 6.92 Å². The Balaban J connectivity index is 4.03. The van der Waals surface area contributed by atoms with E-state index in [4.69, 9.17) is 5.11 Å². The number of carbonyl (C=O) groups excluding carboxylic acids is 1. The van der Waals surface area contributed by atoms with Crippen LogP contribution in [-0.4, -0.2) is 34.0 Å². The van der Waals surface area contributed by atoms with E-state index in [0.29, 0.717) is 0 Å². The molecule has 0 aromatic carbocycles. The second-order valence-corrected chi connectivity index (χ2v) is 3.40. The highest BCUT2D eigenvalue weighted by atomic mass is 32.1.